The first-order chi connectivity index (χ1) is 9.56. The molecular formula is C14H19NO5. The van der Waals surface area contributed by atoms with E-state index in [0.717, 1.165) is 5.57 Å². The summed E-state index contributed by atoms with van der Waals surface area (Å²) in [5, 5.41) is 9.59. The molecule has 2 atom stereocenters. The Morgan fingerprint density at radius 2 is 2.20 bits per heavy atom. The zero-order chi connectivity index (χ0) is 14.7. The number of hydrogen-bond acceptors (Lipinski definition) is 5. The fourth-order valence-electron chi connectivity index (χ4n) is 2.68. The first-order valence-electron chi connectivity index (χ1n) is 6.66. The quantitative estimate of drug-likeness (QED) is 0.781. The van der Waals surface area contributed by atoms with Gasteiger partial charge in [-0.1, -0.05) is 6.08 Å². The number of aliphatic hydroxyl groups is 1. The largest absolute Gasteiger partial charge is 0.512 e. The van der Waals surface area contributed by atoms with Gasteiger partial charge in [-0.2, -0.15) is 0 Å². The van der Waals surface area contributed by atoms with Gasteiger partial charge in [0, 0.05) is 13.0 Å². The molecule has 0 radical (unpaired) electrons. The van der Waals surface area contributed by atoms with E-state index < -0.39 is 18.1 Å². The van der Waals surface area contributed by atoms with Gasteiger partial charge in [-0.15, -0.1) is 0 Å². The molecule has 1 aliphatic heterocycles. The Labute approximate surface area is 117 Å². The molecule has 0 saturated carbocycles. The molecule has 1 saturated heterocycles. The highest BCUT2D eigenvalue weighted by Crippen LogP contribution is 2.35. The SMILES string of the molecule is CCOC(=O)C1CC2CC(O)=CC=C2CN1C(=O)OC. The number of carbonyl (C=O) groups is 2. The number of aliphatic hydroxyl groups excluding tert-OH is 1. The standard InChI is InChI=1S/C14H19NO5/c1-3-20-13(17)12-7-10-6-11(16)5-4-9(10)8-15(12)14(18)19-2/h4-5,10,12,16H,3,6-8H2,1-2H3. The van der Waals surface area contributed by atoms with Gasteiger partial charge in [0.05, 0.1) is 19.5 Å². The van der Waals surface area contributed by atoms with Crippen LogP contribution in [-0.4, -0.2) is 48.4 Å². The van der Waals surface area contributed by atoms with Crippen LogP contribution in [0.1, 0.15) is 19.8 Å². The lowest BCUT2D eigenvalue weighted by Crippen LogP contribution is -2.51. The maximum Gasteiger partial charge on any atom is 0.410 e. The van der Waals surface area contributed by atoms with Crippen molar-refractivity contribution in [1.82, 2.24) is 4.90 Å². The van der Waals surface area contributed by atoms with Gasteiger partial charge in [0.1, 0.15) is 6.04 Å². The number of allylic oxidation sites excluding steroid dienone is 3. The van der Waals surface area contributed by atoms with Crippen molar-refractivity contribution >= 4 is 12.1 Å². The first kappa shape index (κ1) is 14.4. The smallest absolute Gasteiger partial charge is 0.410 e. The van der Waals surface area contributed by atoms with Gasteiger partial charge < -0.3 is 14.6 Å². The highest BCUT2D eigenvalue weighted by atomic mass is 16.6. The van der Waals surface area contributed by atoms with E-state index in [9.17, 15) is 14.7 Å². The molecule has 0 bridgehead atoms. The van der Waals surface area contributed by atoms with Crippen LogP contribution in [0.3, 0.4) is 0 Å². The number of nitrogens with zero attached hydrogens (tertiary/aromatic N) is 1. The molecule has 2 unspecified atom stereocenters. The Balaban J connectivity index is 2.22. The molecule has 6 nitrogen and oxygen atoms in total. The molecule has 110 valence electrons. The van der Waals surface area contributed by atoms with Crippen molar-refractivity contribution in [1.29, 1.82) is 0 Å². The minimum atomic E-state index is -0.657. The van der Waals surface area contributed by atoms with Crippen molar-refractivity contribution in [3.8, 4) is 0 Å². The summed E-state index contributed by atoms with van der Waals surface area (Å²) in [5.74, 6) is -0.0609. The summed E-state index contributed by atoms with van der Waals surface area (Å²) in [5.41, 5.74) is 1.02. The molecule has 2 aliphatic rings. The zero-order valence-electron chi connectivity index (χ0n) is 11.7. The molecule has 0 spiro atoms. The Bertz CT molecular complexity index is 468. The van der Waals surface area contributed by atoms with Crippen molar-refractivity contribution in [3.05, 3.63) is 23.5 Å². The Morgan fingerprint density at radius 3 is 2.85 bits per heavy atom. The van der Waals surface area contributed by atoms with Crippen LogP contribution in [0.4, 0.5) is 4.79 Å². The van der Waals surface area contributed by atoms with Crippen molar-refractivity contribution in [2.45, 2.75) is 25.8 Å². The minimum Gasteiger partial charge on any atom is -0.512 e. The van der Waals surface area contributed by atoms with Gasteiger partial charge in [-0.05, 0) is 30.9 Å². The predicted molar refractivity (Wildman–Crippen MR) is 71.1 cm³/mol. The summed E-state index contributed by atoms with van der Waals surface area (Å²) >= 11 is 0. The van der Waals surface area contributed by atoms with Crippen molar-refractivity contribution in [3.63, 3.8) is 0 Å². The predicted octanol–water partition coefficient (Wildman–Crippen LogP) is 1.78. The van der Waals surface area contributed by atoms with Gasteiger partial charge in [0.15, 0.2) is 0 Å². The van der Waals surface area contributed by atoms with Gasteiger partial charge in [0.25, 0.3) is 0 Å². The average Bonchev–Trinajstić information content (AvgIpc) is 2.45. The van der Waals surface area contributed by atoms with Gasteiger partial charge in [-0.25, -0.2) is 9.59 Å². The van der Waals surface area contributed by atoms with Crippen LogP contribution >= 0.6 is 0 Å². The van der Waals surface area contributed by atoms with Crippen molar-refractivity contribution < 1.29 is 24.2 Å². The monoisotopic (exact) mass is 281 g/mol. The molecule has 6 heteroatoms. The maximum atomic E-state index is 12.0. The van der Waals surface area contributed by atoms with Crippen LogP contribution in [0.2, 0.25) is 0 Å². The number of esters is 1. The van der Waals surface area contributed by atoms with E-state index in [1.807, 2.05) is 0 Å². The van der Waals surface area contributed by atoms with Crippen molar-refractivity contribution in [2.24, 2.45) is 5.92 Å². The van der Waals surface area contributed by atoms with Crippen LogP contribution in [0.25, 0.3) is 0 Å². The number of hydrogen-bond donors (Lipinski definition) is 1. The minimum absolute atomic E-state index is 0.0651. The Morgan fingerprint density at radius 1 is 1.45 bits per heavy atom. The number of rotatable bonds is 2. The van der Waals surface area contributed by atoms with E-state index in [0.29, 0.717) is 25.1 Å². The van der Waals surface area contributed by atoms with Crippen LogP contribution in [0.15, 0.2) is 23.5 Å². The van der Waals surface area contributed by atoms with E-state index in [4.69, 9.17) is 9.47 Å². The number of fused-ring (bicyclic) bond motifs is 1. The first-order valence-corrected chi connectivity index (χ1v) is 6.66. The summed E-state index contributed by atoms with van der Waals surface area (Å²) in [4.78, 5) is 25.2. The van der Waals surface area contributed by atoms with Crippen LogP contribution < -0.4 is 0 Å². The second-order valence-electron chi connectivity index (χ2n) is 4.90. The number of amides is 1. The number of piperidine rings is 1. The molecule has 2 rings (SSSR count). The van der Waals surface area contributed by atoms with E-state index in [1.165, 1.54) is 12.0 Å². The number of carbonyl (C=O) groups excluding carboxylic acids is 2. The summed E-state index contributed by atoms with van der Waals surface area (Å²) in [6.45, 7) is 2.32. The third-order valence-electron chi connectivity index (χ3n) is 3.67. The zero-order valence-corrected chi connectivity index (χ0v) is 11.7. The lowest BCUT2D eigenvalue weighted by Gasteiger charge is -2.39. The molecule has 1 N–H and O–H groups in total. The van der Waals surface area contributed by atoms with Crippen LogP contribution in [0.5, 0.6) is 0 Å². The van der Waals surface area contributed by atoms with Gasteiger partial charge >= 0.3 is 12.1 Å². The molecule has 20 heavy (non-hydrogen) atoms. The summed E-state index contributed by atoms with van der Waals surface area (Å²) in [6, 6.07) is -0.657. The fraction of sp³-hybridized carbons (Fsp3) is 0.571. The molecule has 1 heterocycles. The molecular weight excluding hydrogens is 262 g/mol. The molecule has 0 aromatic heterocycles. The third kappa shape index (κ3) is 2.79. The number of ether oxygens (including phenoxy) is 2. The summed E-state index contributed by atoms with van der Waals surface area (Å²) in [6.07, 6.45) is 3.84. The Kier molecular flexibility index (Phi) is 4.32. The maximum absolute atomic E-state index is 12.0. The topological polar surface area (TPSA) is 76.1 Å². The molecule has 1 fully saturated rings. The second-order valence-corrected chi connectivity index (χ2v) is 4.90. The van der Waals surface area contributed by atoms with Crippen LogP contribution in [-0.2, 0) is 14.3 Å². The molecule has 0 aromatic rings. The van der Waals surface area contributed by atoms with E-state index in [-0.39, 0.29) is 12.5 Å². The molecule has 1 amide bonds. The molecule has 1 aliphatic carbocycles. The highest BCUT2D eigenvalue weighted by Gasteiger charge is 2.40. The summed E-state index contributed by atoms with van der Waals surface area (Å²) in [7, 11) is 1.29. The molecule has 0 aromatic carbocycles. The number of likely N-dealkylation sites (tertiary alicyclic amines) is 1. The Hall–Kier alpha value is -1.98. The van der Waals surface area contributed by atoms with Crippen LogP contribution in [0, 0.1) is 5.92 Å². The van der Waals surface area contributed by atoms with E-state index in [1.54, 1.807) is 19.1 Å². The highest BCUT2D eigenvalue weighted by molar-refractivity contribution is 5.82. The lowest BCUT2D eigenvalue weighted by atomic mass is 9.81. The fourth-order valence-corrected chi connectivity index (χ4v) is 2.68. The van der Waals surface area contributed by atoms with Gasteiger partial charge in [0.2, 0.25) is 0 Å². The summed E-state index contributed by atoms with van der Waals surface area (Å²) < 4.78 is 9.76. The lowest BCUT2D eigenvalue weighted by molar-refractivity contribution is -0.150. The average molecular weight is 281 g/mol. The van der Waals surface area contributed by atoms with E-state index in [2.05, 4.69) is 0 Å². The normalized spacial score (nSPS) is 25.2. The number of methoxy groups -OCH3 is 1. The second kappa shape index (κ2) is 5.98. The third-order valence-corrected chi connectivity index (χ3v) is 3.67. The van der Waals surface area contributed by atoms with Crippen molar-refractivity contribution in [2.75, 3.05) is 20.3 Å². The van der Waals surface area contributed by atoms with Gasteiger partial charge in [-0.3, -0.25) is 4.90 Å². The van der Waals surface area contributed by atoms with E-state index >= 15 is 0 Å².